The zero-order valence-electron chi connectivity index (χ0n) is 20.7. The molecule has 4 heterocycles. The molecule has 2 amide bonds. The van der Waals surface area contributed by atoms with Gasteiger partial charge < -0.3 is 10.6 Å². The molecule has 5 rings (SSSR count). The second-order valence-electron chi connectivity index (χ2n) is 8.42. The lowest BCUT2D eigenvalue weighted by molar-refractivity contribution is 0.101. The van der Waals surface area contributed by atoms with Crippen molar-refractivity contribution in [1.29, 1.82) is 0 Å². The SMILES string of the molecule is CCn1ncc(NC(=O)c2cnn3c(C(F)F)cc(-c4ccccc4)nc23)c1C(=O)Nc1cnn(C)c1C. The van der Waals surface area contributed by atoms with Crippen LogP contribution in [0.25, 0.3) is 16.9 Å². The minimum atomic E-state index is -2.85. The molecule has 0 saturated heterocycles. The lowest BCUT2D eigenvalue weighted by Crippen LogP contribution is -2.21. The molecule has 11 nitrogen and oxygen atoms in total. The second-order valence-corrected chi connectivity index (χ2v) is 8.42. The number of benzene rings is 1. The van der Waals surface area contributed by atoms with Gasteiger partial charge in [-0.3, -0.25) is 19.0 Å². The van der Waals surface area contributed by atoms with Crippen LogP contribution in [0, 0.1) is 6.92 Å². The maximum Gasteiger partial charge on any atom is 0.280 e. The average Bonchev–Trinajstić information content (AvgIpc) is 3.61. The topological polar surface area (TPSA) is 124 Å². The summed E-state index contributed by atoms with van der Waals surface area (Å²) in [7, 11) is 1.75. The Balaban J connectivity index is 1.51. The van der Waals surface area contributed by atoms with E-state index in [1.54, 1.807) is 55.9 Å². The molecule has 4 aromatic heterocycles. The number of aryl methyl sites for hydroxylation is 2. The third-order valence-corrected chi connectivity index (χ3v) is 6.12. The standard InChI is InChI=1S/C25H23F2N9O2/c1-4-35-21(25(38)32-18-12-28-34(3)14(18)2)19(13-29-35)33-24(37)16-11-30-36-20(22(26)27)10-17(31-23(16)36)15-8-6-5-7-9-15/h5-13,22H,4H2,1-3H3,(H,32,38)(H,33,37). The van der Waals surface area contributed by atoms with Crippen LogP contribution in [0.5, 0.6) is 0 Å². The molecule has 0 fully saturated rings. The fraction of sp³-hybridized carbons (Fsp3) is 0.200. The number of aromatic nitrogens is 7. The van der Waals surface area contributed by atoms with E-state index < -0.39 is 23.9 Å². The zero-order valence-corrected chi connectivity index (χ0v) is 20.7. The van der Waals surface area contributed by atoms with E-state index in [0.29, 0.717) is 17.8 Å². The monoisotopic (exact) mass is 519 g/mol. The Morgan fingerprint density at radius 2 is 1.68 bits per heavy atom. The summed E-state index contributed by atoms with van der Waals surface area (Å²) in [6, 6.07) is 10.0. The summed E-state index contributed by atoms with van der Waals surface area (Å²) in [5.41, 5.74) is 1.91. The minimum Gasteiger partial charge on any atom is -0.318 e. The first-order chi connectivity index (χ1) is 18.3. The lowest BCUT2D eigenvalue weighted by atomic mass is 10.1. The van der Waals surface area contributed by atoms with Crippen LogP contribution in [0.2, 0.25) is 0 Å². The van der Waals surface area contributed by atoms with E-state index >= 15 is 0 Å². The fourth-order valence-corrected chi connectivity index (χ4v) is 4.01. The molecule has 5 aromatic rings. The summed E-state index contributed by atoms with van der Waals surface area (Å²) in [6.07, 6.45) is 1.19. The highest BCUT2D eigenvalue weighted by Gasteiger charge is 2.25. The van der Waals surface area contributed by atoms with E-state index in [-0.39, 0.29) is 28.3 Å². The second kappa shape index (κ2) is 9.84. The predicted octanol–water partition coefficient (Wildman–Crippen LogP) is 4.10. The Bertz CT molecular complexity index is 1650. The van der Waals surface area contributed by atoms with Crippen LogP contribution < -0.4 is 10.6 Å². The van der Waals surface area contributed by atoms with Gasteiger partial charge in [-0.05, 0) is 19.9 Å². The van der Waals surface area contributed by atoms with Crippen LogP contribution in [0.1, 0.15) is 45.6 Å². The molecule has 38 heavy (non-hydrogen) atoms. The molecule has 13 heteroatoms. The molecule has 2 N–H and O–H groups in total. The van der Waals surface area contributed by atoms with Crippen molar-refractivity contribution in [2.45, 2.75) is 26.8 Å². The number of anilines is 2. The normalized spacial score (nSPS) is 11.3. The highest BCUT2D eigenvalue weighted by molar-refractivity contribution is 6.13. The van der Waals surface area contributed by atoms with Crippen LogP contribution in [0.15, 0.2) is 55.0 Å². The van der Waals surface area contributed by atoms with E-state index in [4.69, 9.17) is 0 Å². The molecule has 0 radical (unpaired) electrons. The van der Waals surface area contributed by atoms with Crippen molar-refractivity contribution < 1.29 is 18.4 Å². The minimum absolute atomic E-state index is 0.0385. The third kappa shape index (κ3) is 4.38. The van der Waals surface area contributed by atoms with Crippen molar-refractivity contribution in [3.05, 3.63) is 77.6 Å². The predicted molar refractivity (Wildman–Crippen MR) is 135 cm³/mol. The molecule has 1 aromatic carbocycles. The maximum absolute atomic E-state index is 13.9. The number of rotatable bonds is 7. The molecule has 0 aliphatic rings. The number of fused-ring (bicyclic) bond motifs is 1. The number of carbonyl (C=O) groups excluding carboxylic acids is 2. The molecular weight excluding hydrogens is 496 g/mol. The quantitative estimate of drug-likeness (QED) is 0.334. The molecule has 194 valence electrons. The summed E-state index contributed by atoms with van der Waals surface area (Å²) in [6.45, 7) is 3.97. The van der Waals surface area contributed by atoms with Gasteiger partial charge >= 0.3 is 0 Å². The highest BCUT2D eigenvalue weighted by atomic mass is 19.3. The molecule has 0 bridgehead atoms. The Labute approximate surface area is 215 Å². The van der Waals surface area contributed by atoms with Gasteiger partial charge in [0, 0.05) is 19.2 Å². The molecular formula is C25H23F2N9O2. The summed E-state index contributed by atoms with van der Waals surface area (Å²) in [4.78, 5) is 31.0. The first-order valence-corrected chi connectivity index (χ1v) is 11.7. The van der Waals surface area contributed by atoms with Gasteiger partial charge in [-0.1, -0.05) is 30.3 Å². The van der Waals surface area contributed by atoms with Crippen molar-refractivity contribution in [3.63, 3.8) is 0 Å². The number of carbonyl (C=O) groups is 2. The van der Waals surface area contributed by atoms with E-state index in [2.05, 4.69) is 30.9 Å². The first kappa shape index (κ1) is 24.7. The smallest absolute Gasteiger partial charge is 0.280 e. The van der Waals surface area contributed by atoms with Crippen molar-refractivity contribution in [2.75, 3.05) is 10.6 Å². The average molecular weight is 520 g/mol. The molecule has 0 aliphatic heterocycles. The van der Waals surface area contributed by atoms with Gasteiger partial charge in [0.25, 0.3) is 18.2 Å². The fourth-order valence-electron chi connectivity index (χ4n) is 4.01. The summed E-state index contributed by atoms with van der Waals surface area (Å²) >= 11 is 0. The zero-order chi connectivity index (χ0) is 27.0. The van der Waals surface area contributed by atoms with Gasteiger partial charge in [0.05, 0.1) is 41.4 Å². The first-order valence-electron chi connectivity index (χ1n) is 11.7. The van der Waals surface area contributed by atoms with E-state index in [1.807, 2.05) is 0 Å². The van der Waals surface area contributed by atoms with Gasteiger partial charge in [-0.25, -0.2) is 18.3 Å². The number of halogens is 2. The van der Waals surface area contributed by atoms with Gasteiger partial charge in [0.1, 0.15) is 17.0 Å². The van der Waals surface area contributed by atoms with Gasteiger partial charge in [0.2, 0.25) is 0 Å². The molecule has 0 aliphatic carbocycles. The van der Waals surface area contributed by atoms with E-state index in [1.165, 1.54) is 29.3 Å². The number of nitrogens with one attached hydrogen (secondary N) is 2. The number of amides is 2. The molecule has 0 atom stereocenters. The molecule has 0 spiro atoms. The number of nitrogens with zero attached hydrogens (tertiary/aromatic N) is 7. The van der Waals surface area contributed by atoms with Crippen LogP contribution in [-0.4, -0.2) is 46.0 Å². The van der Waals surface area contributed by atoms with Gasteiger partial charge in [0.15, 0.2) is 5.65 Å². The van der Waals surface area contributed by atoms with Gasteiger partial charge in [-0.2, -0.15) is 15.3 Å². The van der Waals surface area contributed by atoms with Gasteiger partial charge in [-0.15, -0.1) is 0 Å². The van der Waals surface area contributed by atoms with Crippen LogP contribution in [-0.2, 0) is 13.6 Å². The highest BCUT2D eigenvalue weighted by Crippen LogP contribution is 2.27. The number of hydrogen-bond donors (Lipinski definition) is 2. The van der Waals surface area contributed by atoms with E-state index in [0.717, 1.165) is 10.2 Å². The molecule has 0 saturated carbocycles. The third-order valence-electron chi connectivity index (χ3n) is 6.12. The van der Waals surface area contributed by atoms with Crippen LogP contribution in [0.4, 0.5) is 20.2 Å². The largest absolute Gasteiger partial charge is 0.318 e. The summed E-state index contributed by atoms with van der Waals surface area (Å²) in [5.74, 6) is -1.18. The Morgan fingerprint density at radius 3 is 2.34 bits per heavy atom. The maximum atomic E-state index is 13.9. The van der Waals surface area contributed by atoms with Crippen molar-refractivity contribution in [2.24, 2.45) is 7.05 Å². The van der Waals surface area contributed by atoms with Crippen molar-refractivity contribution in [3.8, 4) is 11.3 Å². The summed E-state index contributed by atoms with van der Waals surface area (Å²) < 4.78 is 31.8. The van der Waals surface area contributed by atoms with E-state index in [9.17, 15) is 18.4 Å². The lowest BCUT2D eigenvalue weighted by Gasteiger charge is -2.10. The van der Waals surface area contributed by atoms with Crippen molar-refractivity contribution in [1.82, 2.24) is 34.2 Å². The van der Waals surface area contributed by atoms with Crippen molar-refractivity contribution >= 4 is 28.8 Å². The Kier molecular flexibility index (Phi) is 6.41. The number of alkyl halides is 2. The Morgan fingerprint density at radius 1 is 0.974 bits per heavy atom. The molecule has 0 unspecified atom stereocenters. The van der Waals surface area contributed by atoms with Crippen LogP contribution in [0.3, 0.4) is 0 Å². The Hall–Kier alpha value is -4.94. The number of hydrogen-bond acceptors (Lipinski definition) is 6. The van der Waals surface area contributed by atoms with Crippen LogP contribution >= 0.6 is 0 Å². The summed E-state index contributed by atoms with van der Waals surface area (Å²) in [5, 5.41) is 17.8.